The van der Waals surface area contributed by atoms with Gasteiger partial charge in [-0.1, -0.05) is 27.3 Å². The smallest absolute Gasteiger partial charge is 0.257 e. The minimum absolute atomic E-state index is 0.163. The van der Waals surface area contributed by atoms with E-state index in [1.807, 2.05) is 18.2 Å². The molecule has 1 amide bonds. The third-order valence-electron chi connectivity index (χ3n) is 4.30. The van der Waals surface area contributed by atoms with Gasteiger partial charge in [0.1, 0.15) is 0 Å². The van der Waals surface area contributed by atoms with Crippen molar-refractivity contribution < 1.29 is 17.9 Å². The highest BCUT2D eigenvalue weighted by Crippen LogP contribution is 2.28. The lowest BCUT2D eigenvalue weighted by Gasteiger charge is -2.26. The number of nitrogens with zero attached hydrogens (tertiary/aromatic N) is 2. The molecule has 0 bridgehead atoms. The van der Waals surface area contributed by atoms with E-state index in [1.54, 1.807) is 0 Å². The molecular formula is C18H16BrN3O4S2. The molecule has 1 aliphatic heterocycles. The van der Waals surface area contributed by atoms with Crippen LogP contribution in [0.25, 0.3) is 10.2 Å². The van der Waals surface area contributed by atoms with E-state index in [1.165, 1.54) is 39.9 Å². The van der Waals surface area contributed by atoms with Crippen molar-refractivity contribution in [2.45, 2.75) is 4.90 Å². The van der Waals surface area contributed by atoms with Gasteiger partial charge >= 0.3 is 0 Å². The average molecular weight is 482 g/mol. The van der Waals surface area contributed by atoms with Crippen molar-refractivity contribution in [3.05, 3.63) is 52.5 Å². The van der Waals surface area contributed by atoms with Crippen LogP contribution in [0.2, 0.25) is 0 Å². The summed E-state index contributed by atoms with van der Waals surface area (Å²) < 4.78 is 33.8. The van der Waals surface area contributed by atoms with Crippen LogP contribution in [0.3, 0.4) is 0 Å². The first kappa shape index (κ1) is 19.5. The topological polar surface area (TPSA) is 88.6 Å². The highest BCUT2D eigenvalue weighted by molar-refractivity contribution is 9.10. The van der Waals surface area contributed by atoms with Gasteiger partial charge in [-0.2, -0.15) is 4.31 Å². The second-order valence-electron chi connectivity index (χ2n) is 6.13. The summed E-state index contributed by atoms with van der Waals surface area (Å²) in [6.07, 6.45) is 0. The average Bonchev–Trinajstić information content (AvgIpc) is 3.10. The minimum Gasteiger partial charge on any atom is -0.379 e. The first-order valence-electron chi connectivity index (χ1n) is 8.49. The number of carbonyl (C=O) groups is 1. The van der Waals surface area contributed by atoms with Crippen molar-refractivity contribution in [2.24, 2.45) is 0 Å². The SMILES string of the molecule is O=C(Nc1nc2ccc(Br)cc2s1)c1ccc(S(=O)(=O)N2CCOCC2)cc1. The molecule has 1 saturated heterocycles. The zero-order valence-corrected chi connectivity index (χ0v) is 17.8. The summed E-state index contributed by atoms with van der Waals surface area (Å²) in [7, 11) is -3.58. The molecular weight excluding hydrogens is 466 g/mol. The predicted molar refractivity (Wildman–Crippen MR) is 111 cm³/mol. The first-order valence-corrected chi connectivity index (χ1v) is 11.5. The van der Waals surface area contributed by atoms with Gasteiger partial charge in [0.05, 0.1) is 28.3 Å². The third kappa shape index (κ3) is 3.96. The summed E-state index contributed by atoms with van der Waals surface area (Å²) in [5.74, 6) is -0.339. The van der Waals surface area contributed by atoms with E-state index >= 15 is 0 Å². The van der Waals surface area contributed by atoms with Crippen LogP contribution in [-0.2, 0) is 14.8 Å². The van der Waals surface area contributed by atoms with Crippen molar-refractivity contribution in [3.8, 4) is 0 Å². The highest BCUT2D eigenvalue weighted by atomic mass is 79.9. The Morgan fingerprint density at radius 1 is 1.14 bits per heavy atom. The lowest BCUT2D eigenvalue weighted by Crippen LogP contribution is -2.40. The van der Waals surface area contributed by atoms with Crippen LogP contribution in [0.5, 0.6) is 0 Å². The predicted octanol–water partition coefficient (Wildman–Crippen LogP) is 3.33. The number of sulfonamides is 1. The maximum atomic E-state index is 12.6. The number of aromatic nitrogens is 1. The molecule has 28 heavy (non-hydrogen) atoms. The van der Waals surface area contributed by atoms with Gasteiger partial charge in [0, 0.05) is 23.1 Å². The van der Waals surface area contributed by atoms with Crippen molar-refractivity contribution in [1.29, 1.82) is 0 Å². The van der Waals surface area contributed by atoms with Gasteiger partial charge in [-0.25, -0.2) is 13.4 Å². The van der Waals surface area contributed by atoms with Gasteiger partial charge < -0.3 is 4.74 Å². The number of thiazole rings is 1. The number of benzene rings is 2. The fourth-order valence-electron chi connectivity index (χ4n) is 2.84. The lowest BCUT2D eigenvalue weighted by atomic mass is 10.2. The molecule has 146 valence electrons. The van der Waals surface area contributed by atoms with Crippen LogP contribution in [0.15, 0.2) is 51.8 Å². The number of fused-ring (bicyclic) bond motifs is 1. The number of ether oxygens (including phenoxy) is 1. The molecule has 1 fully saturated rings. The van der Waals surface area contributed by atoms with Crippen LogP contribution < -0.4 is 5.32 Å². The van der Waals surface area contributed by atoms with E-state index in [-0.39, 0.29) is 10.8 Å². The van der Waals surface area contributed by atoms with Crippen molar-refractivity contribution in [3.63, 3.8) is 0 Å². The Hall–Kier alpha value is -1.85. The third-order valence-corrected chi connectivity index (χ3v) is 7.64. The number of nitrogens with one attached hydrogen (secondary N) is 1. The lowest BCUT2D eigenvalue weighted by molar-refractivity contribution is 0.0730. The highest BCUT2D eigenvalue weighted by Gasteiger charge is 2.26. The zero-order valence-electron chi connectivity index (χ0n) is 14.6. The Bertz CT molecular complexity index is 1120. The zero-order chi connectivity index (χ0) is 19.7. The Morgan fingerprint density at radius 3 is 2.57 bits per heavy atom. The number of hydrogen-bond donors (Lipinski definition) is 1. The maximum Gasteiger partial charge on any atom is 0.257 e. The number of anilines is 1. The summed E-state index contributed by atoms with van der Waals surface area (Å²) in [6.45, 7) is 1.44. The van der Waals surface area contributed by atoms with E-state index in [2.05, 4.69) is 26.2 Å². The molecule has 1 aromatic heterocycles. The van der Waals surface area contributed by atoms with Crippen LogP contribution in [0, 0.1) is 0 Å². The fraction of sp³-hybridized carbons (Fsp3) is 0.222. The van der Waals surface area contributed by atoms with Crippen molar-refractivity contribution in [1.82, 2.24) is 9.29 Å². The maximum absolute atomic E-state index is 12.6. The number of rotatable bonds is 4. The largest absolute Gasteiger partial charge is 0.379 e. The minimum atomic E-state index is -3.58. The van der Waals surface area contributed by atoms with Gasteiger partial charge in [0.15, 0.2) is 5.13 Å². The fourth-order valence-corrected chi connectivity index (χ4v) is 5.66. The van der Waals surface area contributed by atoms with E-state index in [9.17, 15) is 13.2 Å². The molecule has 0 spiro atoms. The van der Waals surface area contributed by atoms with E-state index < -0.39 is 10.0 Å². The van der Waals surface area contributed by atoms with Gasteiger partial charge in [-0.3, -0.25) is 10.1 Å². The monoisotopic (exact) mass is 481 g/mol. The Kier molecular flexibility index (Phi) is 5.48. The molecule has 2 aromatic carbocycles. The number of morpholine rings is 1. The molecule has 0 radical (unpaired) electrons. The molecule has 7 nitrogen and oxygen atoms in total. The second kappa shape index (κ2) is 7.88. The molecule has 0 atom stereocenters. The van der Waals surface area contributed by atoms with E-state index in [0.717, 1.165) is 14.7 Å². The van der Waals surface area contributed by atoms with Gasteiger partial charge in [0.25, 0.3) is 5.91 Å². The number of amides is 1. The molecule has 10 heteroatoms. The Balaban J connectivity index is 1.50. The van der Waals surface area contributed by atoms with Gasteiger partial charge in [0.2, 0.25) is 10.0 Å². The van der Waals surface area contributed by atoms with Gasteiger partial charge in [-0.15, -0.1) is 0 Å². The van der Waals surface area contributed by atoms with E-state index in [4.69, 9.17) is 4.74 Å². The summed E-state index contributed by atoms with van der Waals surface area (Å²) in [5.41, 5.74) is 1.16. The number of hydrogen-bond acceptors (Lipinski definition) is 6. The summed E-state index contributed by atoms with van der Waals surface area (Å²) >= 11 is 4.79. The normalized spacial score (nSPS) is 15.6. The molecule has 0 saturated carbocycles. The number of carbonyl (C=O) groups excluding carboxylic acids is 1. The van der Waals surface area contributed by atoms with Gasteiger partial charge in [-0.05, 0) is 42.5 Å². The standard InChI is InChI=1S/C18H16BrN3O4S2/c19-13-3-6-15-16(11-13)27-18(20-15)21-17(23)12-1-4-14(5-2-12)28(24,25)22-7-9-26-10-8-22/h1-6,11H,7-10H2,(H,20,21,23). The van der Waals surface area contributed by atoms with E-state index in [0.29, 0.717) is 37.0 Å². The molecule has 0 aliphatic carbocycles. The molecule has 3 aromatic rings. The first-order chi connectivity index (χ1) is 13.4. The second-order valence-corrected chi connectivity index (χ2v) is 10.0. The van der Waals surface area contributed by atoms with Crippen LogP contribution >= 0.6 is 27.3 Å². The van der Waals surface area contributed by atoms with Crippen molar-refractivity contribution >= 4 is 58.5 Å². The quantitative estimate of drug-likeness (QED) is 0.617. The molecule has 2 heterocycles. The van der Waals surface area contributed by atoms with Crippen molar-refractivity contribution in [2.75, 3.05) is 31.6 Å². The Morgan fingerprint density at radius 2 is 1.86 bits per heavy atom. The van der Waals surface area contributed by atoms with Crippen LogP contribution in [0.4, 0.5) is 5.13 Å². The molecule has 4 rings (SSSR count). The molecule has 1 N–H and O–H groups in total. The summed E-state index contributed by atoms with van der Waals surface area (Å²) in [5, 5.41) is 3.25. The molecule has 1 aliphatic rings. The van der Waals surface area contributed by atoms with Crippen LogP contribution in [0.1, 0.15) is 10.4 Å². The summed E-state index contributed by atoms with van der Waals surface area (Å²) in [6, 6.07) is 11.6. The Labute approximate surface area is 174 Å². The summed E-state index contributed by atoms with van der Waals surface area (Å²) in [4.78, 5) is 17.0. The number of halogens is 1. The van der Waals surface area contributed by atoms with Crippen LogP contribution in [-0.4, -0.2) is 49.9 Å². The molecule has 0 unspecified atom stereocenters.